The number of aryl methyl sites for hydroxylation is 4. The standard InChI is InChI=1S/C20H23N3O.HNO2S/c1-12-7-16(17-8-13(2)20(24)22(4)11-17)9-18-19(12)21-14(3)23(18)10-15-5-6-15;1-4(2)3/h7-9,11,15H,5-6,10H2,1-4H3;1H. The third-order valence-electron chi connectivity index (χ3n) is 5.07. The van der Waals surface area contributed by atoms with Gasteiger partial charge in [-0.15, -0.1) is 0 Å². The highest BCUT2D eigenvalue weighted by molar-refractivity contribution is 7.60. The number of benzene rings is 1. The van der Waals surface area contributed by atoms with E-state index in [9.17, 15) is 4.79 Å². The molecule has 1 saturated carbocycles. The van der Waals surface area contributed by atoms with E-state index in [1.807, 2.05) is 26.2 Å². The van der Waals surface area contributed by atoms with Gasteiger partial charge in [0.15, 0.2) is 0 Å². The minimum atomic E-state index is -2.61. The van der Waals surface area contributed by atoms with Crippen molar-refractivity contribution in [1.82, 2.24) is 14.1 Å². The molecule has 1 aromatic carbocycles. The molecule has 8 heteroatoms. The highest BCUT2D eigenvalue weighted by Crippen LogP contribution is 2.34. The normalized spacial score (nSPS) is 13.3. The monoisotopic (exact) mass is 400 g/mol. The Hall–Kier alpha value is -2.74. The summed E-state index contributed by atoms with van der Waals surface area (Å²) in [4.78, 5) is 16.8. The molecule has 4 rings (SSSR count). The van der Waals surface area contributed by atoms with Crippen molar-refractivity contribution in [2.45, 2.75) is 40.2 Å². The first-order valence-corrected chi connectivity index (χ1v) is 10.2. The van der Waals surface area contributed by atoms with Gasteiger partial charge in [-0.1, -0.05) is 0 Å². The van der Waals surface area contributed by atoms with E-state index in [-0.39, 0.29) is 5.56 Å². The summed E-state index contributed by atoms with van der Waals surface area (Å²) in [6, 6.07) is 6.39. The zero-order valence-corrected chi connectivity index (χ0v) is 17.3. The SMILES string of the molecule is Cc1cc(-c2cc(C)c3nc(C)n(CC4CC4)c3c2)cn(C)c1=O.N=S(=O)=O. The smallest absolute Gasteiger partial charge is 0.308 e. The van der Waals surface area contributed by atoms with Crippen molar-refractivity contribution >= 4 is 21.5 Å². The molecule has 3 aromatic rings. The molecule has 2 heterocycles. The van der Waals surface area contributed by atoms with Crippen LogP contribution in [0.3, 0.4) is 0 Å². The molecular formula is C20H24N4O3S. The van der Waals surface area contributed by atoms with Crippen molar-refractivity contribution < 1.29 is 8.42 Å². The van der Waals surface area contributed by atoms with E-state index in [0.29, 0.717) is 0 Å². The second-order valence-electron chi connectivity index (χ2n) is 7.44. The number of rotatable bonds is 3. The predicted molar refractivity (Wildman–Crippen MR) is 109 cm³/mol. The van der Waals surface area contributed by atoms with Gasteiger partial charge >= 0.3 is 10.5 Å². The molecule has 28 heavy (non-hydrogen) atoms. The summed E-state index contributed by atoms with van der Waals surface area (Å²) in [6.07, 6.45) is 4.58. The van der Waals surface area contributed by atoms with E-state index >= 15 is 0 Å². The Kier molecular flexibility index (Phi) is 5.51. The Balaban J connectivity index is 0.000000516. The highest BCUT2D eigenvalue weighted by Gasteiger charge is 2.24. The first-order chi connectivity index (χ1) is 13.2. The summed E-state index contributed by atoms with van der Waals surface area (Å²) in [5.74, 6) is 1.90. The number of fused-ring (bicyclic) bond motifs is 1. The molecule has 0 saturated heterocycles. The van der Waals surface area contributed by atoms with Crippen LogP contribution in [0.4, 0.5) is 0 Å². The van der Waals surface area contributed by atoms with Gasteiger partial charge < -0.3 is 9.13 Å². The van der Waals surface area contributed by atoms with Gasteiger partial charge in [0.25, 0.3) is 5.56 Å². The van der Waals surface area contributed by atoms with Crippen molar-refractivity contribution in [2.75, 3.05) is 0 Å². The average molecular weight is 401 g/mol. The van der Waals surface area contributed by atoms with Crippen LogP contribution in [0.1, 0.15) is 29.8 Å². The summed E-state index contributed by atoms with van der Waals surface area (Å²) < 4.78 is 26.9. The van der Waals surface area contributed by atoms with Gasteiger partial charge in [-0.05, 0) is 74.4 Å². The van der Waals surface area contributed by atoms with Crippen LogP contribution in [0.5, 0.6) is 0 Å². The lowest BCUT2D eigenvalue weighted by Crippen LogP contribution is -2.18. The van der Waals surface area contributed by atoms with Gasteiger partial charge in [0.05, 0.1) is 11.0 Å². The van der Waals surface area contributed by atoms with E-state index in [4.69, 9.17) is 18.2 Å². The summed E-state index contributed by atoms with van der Waals surface area (Å²) in [7, 11) is -0.800. The summed E-state index contributed by atoms with van der Waals surface area (Å²) in [5, 5.41) is 0. The predicted octanol–water partition coefficient (Wildman–Crippen LogP) is 3.37. The number of pyridine rings is 1. The van der Waals surface area contributed by atoms with Crippen LogP contribution in [0.2, 0.25) is 0 Å². The summed E-state index contributed by atoms with van der Waals surface area (Å²) in [5.41, 5.74) is 6.56. The Morgan fingerprint density at radius 2 is 1.71 bits per heavy atom. The molecule has 1 fully saturated rings. The van der Waals surface area contributed by atoms with Gasteiger partial charge in [0.1, 0.15) is 5.82 Å². The van der Waals surface area contributed by atoms with E-state index in [1.54, 1.807) is 4.57 Å². The maximum Gasteiger partial charge on any atom is 0.308 e. The minimum absolute atomic E-state index is 0.0613. The molecule has 148 valence electrons. The van der Waals surface area contributed by atoms with E-state index in [0.717, 1.165) is 40.5 Å². The highest BCUT2D eigenvalue weighted by atomic mass is 32.2. The van der Waals surface area contributed by atoms with E-state index in [1.165, 1.54) is 23.9 Å². The van der Waals surface area contributed by atoms with Crippen LogP contribution >= 0.6 is 0 Å². The first-order valence-electron chi connectivity index (χ1n) is 9.13. The molecular weight excluding hydrogens is 376 g/mol. The summed E-state index contributed by atoms with van der Waals surface area (Å²) >= 11 is 0. The fourth-order valence-corrected chi connectivity index (χ4v) is 3.50. The molecule has 0 aliphatic heterocycles. The van der Waals surface area contributed by atoms with Crippen molar-refractivity contribution in [1.29, 1.82) is 4.78 Å². The zero-order chi connectivity index (χ0) is 20.6. The third kappa shape index (κ3) is 4.22. The lowest BCUT2D eigenvalue weighted by Gasteiger charge is -2.10. The van der Waals surface area contributed by atoms with Crippen LogP contribution in [0.15, 0.2) is 29.2 Å². The lowest BCUT2D eigenvalue weighted by molar-refractivity contribution is 0.620. The molecule has 0 unspecified atom stereocenters. The fraction of sp³-hybridized carbons (Fsp3) is 0.400. The molecule has 2 aromatic heterocycles. The molecule has 0 bridgehead atoms. The first kappa shape index (κ1) is 20.0. The fourth-order valence-electron chi connectivity index (χ4n) is 3.50. The number of aromatic nitrogens is 3. The van der Waals surface area contributed by atoms with Crippen LogP contribution in [-0.2, 0) is 24.1 Å². The Bertz CT molecular complexity index is 1190. The molecule has 0 radical (unpaired) electrons. The Labute approximate surface area is 165 Å². The molecule has 1 aliphatic carbocycles. The van der Waals surface area contributed by atoms with Crippen LogP contribution < -0.4 is 5.56 Å². The van der Waals surface area contributed by atoms with E-state index < -0.39 is 10.5 Å². The lowest BCUT2D eigenvalue weighted by atomic mass is 10.0. The molecule has 0 spiro atoms. The third-order valence-corrected chi connectivity index (χ3v) is 5.07. The second kappa shape index (κ2) is 7.71. The molecule has 7 nitrogen and oxygen atoms in total. The van der Waals surface area contributed by atoms with Crippen molar-refractivity contribution in [3.8, 4) is 11.1 Å². The number of hydrogen-bond acceptors (Lipinski definition) is 5. The number of nitrogens with zero attached hydrogens (tertiary/aromatic N) is 3. The van der Waals surface area contributed by atoms with Crippen molar-refractivity contribution in [3.05, 3.63) is 51.7 Å². The van der Waals surface area contributed by atoms with Gasteiger partial charge in [-0.3, -0.25) is 4.79 Å². The number of hydrogen-bond donors (Lipinski definition) is 1. The van der Waals surface area contributed by atoms with Crippen LogP contribution in [0.25, 0.3) is 22.2 Å². The topological polar surface area (TPSA) is 97.8 Å². The number of nitrogens with one attached hydrogen (secondary N) is 1. The largest absolute Gasteiger partial charge is 0.328 e. The second-order valence-corrected chi connectivity index (χ2v) is 7.91. The molecule has 1 aliphatic rings. The number of imidazole rings is 1. The molecule has 0 amide bonds. The van der Waals surface area contributed by atoms with Gasteiger partial charge in [0.2, 0.25) is 0 Å². The van der Waals surface area contributed by atoms with Crippen molar-refractivity contribution in [2.24, 2.45) is 13.0 Å². The van der Waals surface area contributed by atoms with Crippen LogP contribution in [0, 0.1) is 31.5 Å². The Morgan fingerprint density at radius 1 is 1.11 bits per heavy atom. The minimum Gasteiger partial charge on any atom is -0.328 e. The van der Waals surface area contributed by atoms with Gasteiger partial charge in [-0.2, -0.15) is 13.2 Å². The maximum absolute atomic E-state index is 12.0. The Morgan fingerprint density at radius 3 is 2.29 bits per heavy atom. The van der Waals surface area contributed by atoms with E-state index in [2.05, 4.69) is 30.5 Å². The maximum atomic E-state index is 12.0. The average Bonchev–Trinajstić information content (AvgIpc) is 3.36. The molecule has 1 N–H and O–H groups in total. The zero-order valence-electron chi connectivity index (χ0n) is 16.5. The van der Waals surface area contributed by atoms with Gasteiger partial charge in [0, 0.05) is 25.4 Å². The van der Waals surface area contributed by atoms with Crippen molar-refractivity contribution in [3.63, 3.8) is 0 Å². The quantitative estimate of drug-likeness (QED) is 0.729. The summed E-state index contributed by atoms with van der Waals surface area (Å²) in [6.45, 7) is 7.16. The molecule has 0 atom stereocenters. The van der Waals surface area contributed by atoms with Crippen LogP contribution in [-0.4, -0.2) is 22.5 Å². The van der Waals surface area contributed by atoms with Gasteiger partial charge in [-0.25, -0.2) is 4.98 Å².